The molecule has 0 fully saturated rings. The van der Waals surface area contributed by atoms with Gasteiger partial charge in [-0.25, -0.2) is 0 Å². The van der Waals surface area contributed by atoms with E-state index in [0.29, 0.717) is 5.75 Å². The Morgan fingerprint density at radius 1 is 1.00 bits per heavy atom. The maximum absolute atomic E-state index is 9.90. The summed E-state index contributed by atoms with van der Waals surface area (Å²) in [4.78, 5) is 0. The van der Waals surface area contributed by atoms with Crippen molar-refractivity contribution in [2.24, 2.45) is 0 Å². The molecule has 1 N–H and O–H groups in total. The van der Waals surface area contributed by atoms with E-state index in [2.05, 4.69) is 22.9 Å². The lowest BCUT2D eigenvalue weighted by molar-refractivity contribution is 0.464. The second-order valence-electron chi connectivity index (χ2n) is 4.08. The molecule has 0 bridgehead atoms. The molecule has 2 rings (SSSR count). The zero-order chi connectivity index (χ0) is 10.3. The van der Waals surface area contributed by atoms with Gasteiger partial charge in [0.1, 0.15) is 5.75 Å². The lowest BCUT2D eigenvalue weighted by atomic mass is 9.85. The smallest absolute Gasteiger partial charge is 0.133 e. The van der Waals surface area contributed by atoms with E-state index in [1.165, 1.54) is 36.0 Å². The molecule has 76 valence electrons. The van der Waals surface area contributed by atoms with Crippen LogP contribution in [0.5, 0.6) is 5.75 Å². The Morgan fingerprint density at radius 2 is 1.50 bits per heavy atom. The van der Waals surface area contributed by atoms with Crippen LogP contribution >= 0.6 is 15.9 Å². The Kier molecular flexibility index (Phi) is 2.56. The van der Waals surface area contributed by atoms with Crippen LogP contribution in [-0.4, -0.2) is 5.11 Å². The number of hydrogen-bond donors (Lipinski definition) is 1. The van der Waals surface area contributed by atoms with E-state index in [1.807, 2.05) is 6.92 Å². The second kappa shape index (κ2) is 3.58. The molecule has 0 atom stereocenters. The van der Waals surface area contributed by atoms with E-state index >= 15 is 0 Å². The predicted molar refractivity (Wildman–Crippen MR) is 61.9 cm³/mol. The summed E-state index contributed by atoms with van der Waals surface area (Å²) in [6.45, 7) is 4.11. The van der Waals surface area contributed by atoms with Crippen LogP contribution < -0.4 is 0 Å². The van der Waals surface area contributed by atoms with Crippen molar-refractivity contribution in [1.29, 1.82) is 0 Å². The minimum Gasteiger partial charge on any atom is -0.506 e. The van der Waals surface area contributed by atoms with E-state index in [0.717, 1.165) is 16.5 Å². The summed E-state index contributed by atoms with van der Waals surface area (Å²) < 4.78 is 0.885. The summed E-state index contributed by atoms with van der Waals surface area (Å²) in [6.07, 6.45) is 4.84. The van der Waals surface area contributed by atoms with Crippen molar-refractivity contribution in [2.75, 3.05) is 0 Å². The lowest BCUT2D eigenvalue weighted by Crippen LogP contribution is -2.07. The van der Waals surface area contributed by atoms with Crippen LogP contribution in [0, 0.1) is 13.8 Å². The Bertz CT molecular complexity index is 346. The minimum atomic E-state index is 0.433. The van der Waals surface area contributed by atoms with Gasteiger partial charge in [-0.2, -0.15) is 0 Å². The Hall–Kier alpha value is -0.500. The number of aromatic hydroxyl groups is 1. The van der Waals surface area contributed by atoms with Gasteiger partial charge < -0.3 is 5.11 Å². The SMILES string of the molecule is Cc1c(O)c(Br)c(C)c2c1CCCC2. The molecule has 1 aliphatic rings. The van der Waals surface area contributed by atoms with E-state index in [1.54, 1.807) is 0 Å². The molecule has 0 heterocycles. The third-order valence-electron chi connectivity index (χ3n) is 3.27. The number of phenolic OH excluding ortho intramolecular Hbond substituents is 1. The van der Waals surface area contributed by atoms with E-state index in [-0.39, 0.29) is 0 Å². The van der Waals surface area contributed by atoms with Crippen LogP contribution in [0.25, 0.3) is 0 Å². The van der Waals surface area contributed by atoms with Crippen LogP contribution in [0.3, 0.4) is 0 Å². The number of phenols is 1. The number of rotatable bonds is 0. The number of benzene rings is 1. The topological polar surface area (TPSA) is 20.2 Å². The highest BCUT2D eigenvalue weighted by atomic mass is 79.9. The molecule has 14 heavy (non-hydrogen) atoms. The molecule has 0 saturated carbocycles. The fourth-order valence-corrected chi connectivity index (χ4v) is 2.89. The molecule has 0 amide bonds. The molecule has 1 nitrogen and oxygen atoms in total. The van der Waals surface area contributed by atoms with Gasteiger partial charge in [-0.1, -0.05) is 0 Å². The molecule has 0 aliphatic heterocycles. The van der Waals surface area contributed by atoms with Crippen LogP contribution in [0.1, 0.15) is 35.1 Å². The van der Waals surface area contributed by atoms with Gasteiger partial charge in [0.15, 0.2) is 0 Å². The minimum absolute atomic E-state index is 0.433. The van der Waals surface area contributed by atoms with Gasteiger partial charge in [0.25, 0.3) is 0 Å². The van der Waals surface area contributed by atoms with Crippen LogP contribution in [0.4, 0.5) is 0 Å². The van der Waals surface area contributed by atoms with Crippen molar-refractivity contribution in [1.82, 2.24) is 0 Å². The van der Waals surface area contributed by atoms with Gasteiger partial charge in [-0.15, -0.1) is 0 Å². The summed E-state index contributed by atoms with van der Waals surface area (Å²) in [5, 5.41) is 9.90. The average Bonchev–Trinajstić information content (AvgIpc) is 2.23. The average molecular weight is 255 g/mol. The fraction of sp³-hybridized carbons (Fsp3) is 0.500. The monoisotopic (exact) mass is 254 g/mol. The molecule has 0 radical (unpaired) electrons. The van der Waals surface area contributed by atoms with E-state index in [4.69, 9.17) is 0 Å². The van der Waals surface area contributed by atoms with E-state index in [9.17, 15) is 5.11 Å². The van der Waals surface area contributed by atoms with Gasteiger partial charge in [-0.3, -0.25) is 0 Å². The normalized spacial score (nSPS) is 15.4. The predicted octanol–water partition coefficient (Wildman–Crippen LogP) is 3.65. The van der Waals surface area contributed by atoms with Crippen LogP contribution in [0.2, 0.25) is 0 Å². The van der Waals surface area contributed by atoms with Crippen molar-refractivity contribution in [3.63, 3.8) is 0 Å². The van der Waals surface area contributed by atoms with Crippen molar-refractivity contribution in [3.05, 3.63) is 26.7 Å². The van der Waals surface area contributed by atoms with Gasteiger partial charge in [0, 0.05) is 0 Å². The number of hydrogen-bond acceptors (Lipinski definition) is 1. The van der Waals surface area contributed by atoms with Gasteiger partial charge in [0.05, 0.1) is 4.47 Å². The quantitative estimate of drug-likeness (QED) is 0.750. The largest absolute Gasteiger partial charge is 0.506 e. The van der Waals surface area contributed by atoms with Crippen molar-refractivity contribution in [3.8, 4) is 5.75 Å². The van der Waals surface area contributed by atoms with Crippen LogP contribution in [0.15, 0.2) is 4.47 Å². The number of fused-ring (bicyclic) bond motifs is 1. The Balaban J connectivity index is 2.71. The standard InChI is InChI=1S/C12H15BrO/c1-7-9-5-3-4-6-10(9)8(2)12(14)11(7)13/h14H,3-6H2,1-2H3. The zero-order valence-electron chi connectivity index (χ0n) is 8.65. The summed E-state index contributed by atoms with van der Waals surface area (Å²) in [5.41, 5.74) is 5.13. The molecule has 0 unspecified atom stereocenters. The summed E-state index contributed by atoms with van der Waals surface area (Å²) >= 11 is 3.46. The molecular formula is C12H15BrO. The molecular weight excluding hydrogens is 240 g/mol. The lowest BCUT2D eigenvalue weighted by Gasteiger charge is -2.22. The first-order valence-corrected chi connectivity index (χ1v) is 5.91. The highest BCUT2D eigenvalue weighted by molar-refractivity contribution is 9.10. The molecule has 1 aliphatic carbocycles. The van der Waals surface area contributed by atoms with Crippen molar-refractivity contribution >= 4 is 15.9 Å². The van der Waals surface area contributed by atoms with Crippen molar-refractivity contribution in [2.45, 2.75) is 39.5 Å². The summed E-state index contributed by atoms with van der Waals surface area (Å²) in [7, 11) is 0. The van der Waals surface area contributed by atoms with Crippen molar-refractivity contribution < 1.29 is 5.11 Å². The molecule has 0 aromatic heterocycles. The number of halogens is 1. The first-order chi connectivity index (χ1) is 6.63. The van der Waals surface area contributed by atoms with E-state index < -0.39 is 0 Å². The molecule has 1 aromatic carbocycles. The molecule has 0 spiro atoms. The molecule has 1 aromatic rings. The Labute approximate surface area is 93.3 Å². The molecule has 0 saturated heterocycles. The van der Waals surface area contributed by atoms with Gasteiger partial charge >= 0.3 is 0 Å². The highest BCUT2D eigenvalue weighted by Crippen LogP contribution is 2.39. The summed E-state index contributed by atoms with van der Waals surface area (Å²) in [5.74, 6) is 0.433. The highest BCUT2D eigenvalue weighted by Gasteiger charge is 2.19. The van der Waals surface area contributed by atoms with Gasteiger partial charge in [-0.05, 0) is 77.7 Å². The fourth-order valence-electron chi connectivity index (χ4n) is 2.35. The zero-order valence-corrected chi connectivity index (χ0v) is 10.2. The Morgan fingerprint density at radius 3 is 2.07 bits per heavy atom. The maximum atomic E-state index is 9.90. The first-order valence-electron chi connectivity index (χ1n) is 5.12. The van der Waals surface area contributed by atoms with Gasteiger partial charge in [0.2, 0.25) is 0 Å². The van der Waals surface area contributed by atoms with Crippen LogP contribution in [-0.2, 0) is 12.8 Å². The second-order valence-corrected chi connectivity index (χ2v) is 4.87. The maximum Gasteiger partial charge on any atom is 0.133 e. The summed E-state index contributed by atoms with van der Waals surface area (Å²) in [6, 6.07) is 0. The molecule has 2 heteroatoms. The third kappa shape index (κ3) is 1.36. The first kappa shape index (κ1) is 10.0. The third-order valence-corrected chi connectivity index (χ3v) is 4.24.